The number of fused-ring (bicyclic) bond motifs is 1. The second kappa shape index (κ2) is 8.40. The van der Waals surface area contributed by atoms with Gasteiger partial charge in [0.15, 0.2) is 5.03 Å². The second-order valence-electron chi connectivity index (χ2n) is 6.80. The number of nitrogens with zero attached hydrogens (tertiary/aromatic N) is 3. The van der Waals surface area contributed by atoms with Crippen molar-refractivity contribution in [2.75, 3.05) is 11.8 Å². The van der Waals surface area contributed by atoms with Crippen molar-refractivity contribution in [3.63, 3.8) is 0 Å². The van der Waals surface area contributed by atoms with Crippen molar-refractivity contribution >= 4 is 43.2 Å². The Labute approximate surface area is 182 Å². The quantitative estimate of drug-likeness (QED) is 0.475. The van der Waals surface area contributed by atoms with Crippen molar-refractivity contribution in [3.8, 4) is 0 Å². The Morgan fingerprint density at radius 3 is 2.71 bits per heavy atom. The molecule has 2 aromatic heterocycles. The van der Waals surface area contributed by atoms with Crippen LogP contribution in [0, 0.1) is 5.82 Å². The van der Waals surface area contributed by atoms with Crippen LogP contribution in [0.15, 0.2) is 72.0 Å². The number of amides is 1. The molecule has 0 spiro atoms. The first-order chi connectivity index (χ1) is 14.8. The van der Waals surface area contributed by atoms with E-state index in [0.29, 0.717) is 16.6 Å². The van der Waals surface area contributed by atoms with Gasteiger partial charge >= 0.3 is 0 Å². The molecule has 0 saturated carbocycles. The van der Waals surface area contributed by atoms with Crippen LogP contribution in [0.2, 0.25) is 0 Å². The van der Waals surface area contributed by atoms with Gasteiger partial charge in [0.2, 0.25) is 0 Å². The van der Waals surface area contributed by atoms with Crippen LogP contribution in [-0.2, 0) is 16.6 Å². The molecule has 31 heavy (non-hydrogen) atoms. The molecule has 0 atom stereocenters. The molecule has 0 aliphatic heterocycles. The zero-order valence-corrected chi connectivity index (χ0v) is 18.0. The van der Waals surface area contributed by atoms with E-state index in [1.807, 2.05) is 30.3 Å². The van der Waals surface area contributed by atoms with Gasteiger partial charge in [-0.05, 0) is 41.4 Å². The number of aromatic nitrogens is 2. The molecule has 0 saturated heterocycles. The summed E-state index contributed by atoms with van der Waals surface area (Å²) in [4.78, 5) is 18.4. The minimum Gasteiger partial charge on any atom is -0.337 e. The van der Waals surface area contributed by atoms with Gasteiger partial charge in [0.05, 0.1) is 27.5 Å². The first kappa shape index (κ1) is 20.9. The SMILES string of the molecule is CN(Cc1ccccc1)C(=O)c1ccc(F)cc1NS(=O)(=O)c1nccc2sncc12. The predicted octanol–water partition coefficient (Wildman–Crippen LogP) is 3.90. The van der Waals surface area contributed by atoms with E-state index in [4.69, 9.17) is 0 Å². The summed E-state index contributed by atoms with van der Waals surface area (Å²) in [5, 5.41) is 0.115. The molecular formula is C21H17FN4O3S2. The Bertz CT molecular complexity index is 1360. The average molecular weight is 457 g/mol. The molecule has 2 aromatic carbocycles. The van der Waals surface area contributed by atoms with Crippen LogP contribution in [0.4, 0.5) is 10.1 Å². The maximum Gasteiger partial charge on any atom is 0.280 e. The number of carbonyl (C=O) groups is 1. The van der Waals surface area contributed by atoms with E-state index >= 15 is 0 Å². The van der Waals surface area contributed by atoms with Crippen molar-refractivity contribution in [2.24, 2.45) is 0 Å². The zero-order chi connectivity index (χ0) is 22.0. The summed E-state index contributed by atoms with van der Waals surface area (Å²) in [6, 6.07) is 14.3. The van der Waals surface area contributed by atoms with Gasteiger partial charge in [-0.15, -0.1) is 0 Å². The Balaban J connectivity index is 1.67. The van der Waals surface area contributed by atoms with Gasteiger partial charge in [0.1, 0.15) is 5.82 Å². The molecule has 1 N–H and O–H groups in total. The van der Waals surface area contributed by atoms with Crippen molar-refractivity contribution < 1.29 is 17.6 Å². The van der Waals surface area contributed by atoms with Gasteiger partial charge in [-0.3, -0.25) is 9.52 Å². The number of hydrogen-bond acceptors (Lipinski definition) is 6. The second-order valence-corrected chi connectivity index (χ2v) is 9.23. The van der Waals surface area contributed by atoms with Crippen LogP contribution < -0.4 is 4.72 Å². The highest BCUT2D eigenvalue weighted by molar-refractivity contribution is 7.92. The van der Waals surface area contributed by atoms with Crippen LogP contribution in [0.3, 0.4) is 0 Å². The zero-order valence-electron chi connectivity index (χ0n) is 16.3. The summed E-state index contributed by atoms with van der Waals surface area (Å²) in [6.45, 7) is 0.310. The highest BCUT2D eigenvalue weighted by atomic mass is 32.2. The molecule has 10 heteroatoms. The maximum absolute atomic E-state index is 14.0. The lowest BCUT2D eigenvalue weighted by atomic mass is 10.1. The third-order valence-electron chi connectivity index (χ3n) is 4.57. The summed E-state index contributed by atoms with van der Waals surface area (Å²) >= 11 is 1.14. The molecule has 7 nitrogen and oxygen atoms in total. The van der Waals surface area contributed by atoms with E-state index in [1.165, 1.54) is 23.4 Å². The van der Waals surface area contributed by atoms with Crippen LogP contribution in [0.1, 0.15) is 15.9 Å². The number of benzene rings is 2. The normalized spacial score (nSPS) is 11.4. The fraction of sp³-hybridized carbons (Fsp3) is 0.0952. The number of rotatable bonds is 6. The molecule has 4 aromatic rings. The molecule has 0 aliphatic carbocycles. The van der Waals surface area contributed by atoms with Crippen LogP contribution in [-0.4, -0.2) is 35.6 Å². The van der Waals surface area contributed by atoms with Crippen molar-refractivity contribution in [1.29, 1.82) is 0 Å². The fourth-order valence-corrected chi connectivity index (χ4v) is 5.01. The van der Waals surface area contributed by atoms with Crippen LogP contribution in [0.25, 0.3) is 10.1 Å². The Kier molecular flexibility index (Phi) is 5.66. The van der Waals surface area contributed by atoms with E-state index < -0.39 is 21.7 Å². The number of carbonyl (C=O) groups excluding carboxylic acids is 1. The van der Waals surface area contributed by atoms with Gasteiger partial charge < -0.3 is 4.90 Å². The van der Waals surface area contributed by atoms with Crippen LogP contribution >= 0.6 is 11.5 Å². The molecule has 0 radical (unpaired) electrons. The minimum atomic E-state index is -4.20. The standard InChI is InChI=1S/C21H17FN4O3S2/c1-26(13-14-5-3-2-4-6-14)21(27)16-8-7-15(22)11-18(16)25-31(28,29)20-17-12-24-30-19(17)9-10-23-20/h2-12,25H,13H2,1H3. The van der Waals surface area contributed by atoms with Gasteiger partial charge in [0, 0.05) is 19.8 Å². The molecule has 0 aliphatic rings. The van der Waals surface area contributed by atoms with Crippen molar-refractivity contribution in [2.45, 2.75) is 11.6 Å². The first-order valence-corrected chi connectivity index (χ1v) is 11.4. The molecule has 4 rings (SSSR count). The van der Waals surface area contributed by atoms with Gasteiger partial charge in [-0.25, -0.2) is 9.37 Å². The smallest absolute Gasteiger partial charge is 0.280 e. The molecule has 1 amide bonds. The lowest BCUT2D eigenvalue weighted by molar-refractivity contribution is 0.0786. The van der Waals surface area contributed by atoms with E-state index in [-0.39, 0.29) is 16.3 Å². The number of halogens is 1. The molecule has 2 heterocycles. The van der Waals surface area contributed by atoms with Gasteiger partial charge in [-0.1, -0.05) is 30.3 Å². The monoisotopic (exact) mass is 456 g/mol. The molecular weight excluding hydrogens is 439 g/mol. The van der Waals surface area contributed by atoms with Crippen LogP contribution in [0.5, 0.6) is 0 Å². The number of hydrogen-bond donors (Lipinski definition) is 1. The summed E-state index contributed by atoms with van der Waals surface area (Å²) in [5.41, 5.74) is 0.773. The Hall–Kier alpha value is -3.37. The average Bonchev–Trinajstić information content (AvgIpc) is 3.22. The Morgan fingerprint density at radius 1 is 1.16 bits per heavy atom. The summed E-state index contributed by atoms with van der Waals surface area (Å²) in [6.07, 6.45) is 2.77. The fourth-order valence-electron chi connectivity index (χ4n) is 3.10. The van der Waals surface area contributed by atoms with E-state index in [2.05, 4.69) is 14.1 Å². The predicted molar refractivity (Wildman–Crippen MR) is 117 cm³/mol. The first-order valence-electron chi connectivity index (χ1n) is 9.16. The summed E-state index contributed by atoms with van der Waals surface area (Å²) < 4.78 is 47.0. The summed E-state index contributed by atoms with van der Waals surface area (Å²) in [5.74, 6) is -1.13. The molecule has 158 valence electrons. The minimum absolute atomic E-state index is 0.0269. The molecule has 0 fully saturated rings. The van der Waals surface area contributed by atoms with Crippen molar-refractivity contribution in [3.05, 3.63) is 83.9 Å². The maximum atomic E-state index is 14.0. The third-order valence-corrected chi connectivity index (χ3v) is 6.65. The van der Waals surface area contributed by atoms with Gasteiger partial charge in [-0.2, -0.15) is 12.8 Å². The highest BCUT2D eigenvalue weighted by Gasteiger charge is 2.24. The highest BCUT2D eigenvalue weighted by Crippen LogP contribution is 2.27. The molecule has 0 bridgehead atoms. The number of nitrogens with one attached hydrogen (secondary N) is 1. The number of pyridine rings is 1. The van der Waals surface area contributed by atoms with E-state index in [1.54, 1.807) is 13.1 Å². The Morgan fingerprint density at radius 2 is 1.94 bits per heavy atom. The summed E-state index contributed by atoms with van der Waals surface area (Å²) in [7, 11) is -2.61. The lowest BCUT2D eigenvalue weighted by Gasteiger charge is -2.20. The number of anilines is 1. The molecule has 0 unspecified atom stereocenters. The van der Waals surface area contributed by atoms with E-state index in [0.717, 1.165) is 29.2 Å². The lowest BCUT2D eigenvalue weighted by Crippen LogP contribution is -2.28. The van der Waals surface area contributed by atoms with E-state index in [9.17, 15) is 17.6 Å². The number of sulfonamides is 1. The van der Waals surface area contributed by atoms with Crippen molar-refractivity contribution in [1.82, 2.24) is 14.3 Å². The van der Waals surface area contributed by atoms with Gasteiger partial charge in [0.25, 0.3) is 15.9 Å². The third kappa shape index (κ3) is 4.39. The topological polar surface area (TPSA) is 92.3 Å². The largest absolute Gasteiger partial charge is 0.337 e.